The molecule has 1 fully saturated rings. The fourth-order valence-corrected chi connectivity index (χ4v) is 2.96. The summed E-state index contributed by atoms with van der Waals surface area (Å²) in [7, 11) is 3.51. The van der Waals surface area contributed by atoms with Crippen molar-refractivity contribution in [2.45, 2.75) is 12.8 Å². The molecule has 1 aromatic heterocycles. The number of likely N-dealkylation sites (tertiary alicyclic amines) is 1. The van der Waals surface area contributed by atoms with Gasteiger partial charge in [-0.1, -0.05) is 0 Å². The van der Waals surface area contributed by atoms with E-state index in [0.29, 0.717) is 24.8 Å². The molecule has 0 saturated carbocycles. The number of aromatic nitrogens is 2. The molecule has 3 rings (SSSR count). The van der Waals surface area contributed by atoms with Gasteiger partial charge in [-0.2, -0.15) is 0 Å². The molecular formula is C18H23N3O3. The highest BCUT2D eigenvalue weighted by molar-refractivity contribution is 5.92. The molecular weight excluding hydrogens is 306 g/mol. The predicted octanol–water partition coefficient (Wildman–Crippen LogP) is 2.36. The Labute approximate surface area is 142 Å². The summed E-state index contributed by atoms with van der Waals surface area (Å²) in [5, 5.41) is 0. The van der Waals surface area contributed by atoms with Crippen LogP contribution in [0.4, 0.5) is 0 Å². The van der Waals surface area contributed by atoms with Crippen LogP contribution in [0.25, 0.3) is 0 Å². The highest BCUT2D eigenvalue weighted by atomic mass is 16.5. The number of piperidine rings is 1. The van der Waals surface area contributed by atoms with Gasteiger partial charge in [0.25, 0.3) is 5.91 Å². The number of carbonyl (C=O) groups is 1. The summed E-state index contributed by atoms with van der Waals surface area (Å²) >= 11 is 0. The molecule has 2 heterocycles. The van der Waals surface area contributed by atoms with Crippen molar-refractivity contribution in [2.24, 2.45) is 13.0 Å². The number of imidazole rings is 1. The third-order valence-electron chi connectivity index (χ3n) is 4.28. The van der Waals surface area contributed by atoms with Crippen LogP contribution >= 0.6 is 0 Å². The summed E-state index contributed by atoms with van der Waals surface area (Å²) in [5.74, 6) is 1.98. The minimum absolute atomic E-state index is 0.00440. The third-order valence-corrected chi connectivity index (χ3v) is 4.28. The Balaban J connectivity index is 1.54. The first-order chi connectivity index (χ1) is 11.7. The van der Waals surface area contributed by atoms with Gasteiger partial charge < -0.3 is 18.9 Å². The van der Waals surface area contributed by atoms with Crippen LogP contribution in [0.2, 0.25) is 0 Å². The number of hydrogen-bond acceptors (Lipinski definition) is 4. The second-order valence-corrected chi connectivity index (χ2v) is 6.17. The van der Waals surface area contributed by atoms with Crippen molar-refractivity contribution in [3.8, 4) is 11.5 Å². The maximum atomic E-state index is 12.5. The van der Waals surface area contributed by atoms with E-state index in [1.807, 2.05) is 36.2 Å². The first-order valence-corrected chi connectivity index (χ1v) is 8.20. The summed E-state index contributed by atoms with van der Waals surface area (Å²) in [4.78, 5) is 18.5. The molecule has 128 valence electrons. The third kappa shape index (κ3) is 3.88. The van der Waals surface area contributed by atoms with Crippen LogP contribution < -0.4 is 9.47 Å². The highest BCUT2D eigenvalue weighted by Crippen LogP contribution is 2.21. The second kappa shape index (κ2) is 7.38. The largest absolute Gasteiger partial charge is 0.497 e. The van der Waals surface area contributed by atoms with Gasteiger partial charge in [0.15, 0.2) is 0 Å². The topological polar surface area (TPSA) is 56.6 Å². The molecule has 1 aromatic carbocycles. The lowest BCUT2D eigenvalue weighted by Gasteiger charge is -2.32. The molecule has 1 aliphatic heterocycles. The number of aryl methyl sites for hydroxylation is 1. The van der Waals surface area contributed by atoms with E-state index in [4.69, 9.17) is 9.47 Å². The number of benzene rings is 1. The Morgan fingerprint density at radius 2 is 2.04 bits per heavy atom. The van der Waals surface area contributed by atoms with Gasteiger partial charge in [-0.25, -0.2) is 4.98 Å². The van der Waals surface area contributed by atoms with Gasteiger partial charge in [0.2, 0.25) is 0 Å². The quantitative estimate of drug-likeness (QED) is 0.845. The Morgan fingerprint density at radius 3 is 2.71 bits per heavy atom. The molecule has 6 heteroatoms. The predicted molar refractivity (Wildman–Crippen MR) is 90.3 cm³/mol. The van der Waals surface area contributed by atoms with Crippen LogP contribution in [0.1, 0.15) is 23.3 Å². The van der Waals surface area contributed by atoms with E-state index in [1.54, 1.807) is 24.2 Å². The fraction of sp³-hybridized carbons (Fsp3) is 0.444. The number of nitrogens with zero attached hydrogens (tertiary/aromatic N) is 3. The van der Waals surface area contributed by atoms with Crippen LogP contribution in [0, 0.1) is 5.92 Å². The van der Waals surface area contributed by atoms with Gasteiger partial charge in [0.1, 0.15) is 17.2 Å². The molecule has 24 heavy (non-hydrogen) atoms. The molecule has 1 unspecified atom stereocenters. The maximum Gasteiger partial charge on any atom is 0.274 e. The minimum atomic E-state index is 0.00440. The molecule has 1 saturated heterocycles. The summed E-state index contributed by atoms with van der Waals surface area (Å²) < 4.78 is 12.8. The van der Waals surface area contributed by atoms with Crippen LogP contribution in [0.5, 0.6) is 11.5 Å². The molecule has 1 amide bonds. The first kappa shape index (κ1) is 16.4. The average molecular weight is 329 g/mol. The monoisotopic (exact) mass is 329 g/mol. The van der Waals surface area contributed by atoms with E-state index >= 15 is 0 Å². The van der Waals surface area contributed by atoms with Gasteiger partial charge in [-0.15, -0.1) is 0 Å². The van der Waals surface area contributed by atoms with Crippen molar-refractivity contribution in [2.75, 3.05) is 26.8 Å². The molecule has 0 aliphatic carbocycles. The molecule has 0 N–H and O–H groups in total. The van der Waals surface area contributed by atoms with Gasteiger partial charge in [-0.3, -0.25) is 4.79 Å². The van der Waals surface area contributed by atoms with Crippen molar-refractivity contribution in [1.82, 2.24) is 14.5 Å². The number of hydrogen-bond donors (Lipinski definition) is 0. The average Bonchev–Trinajstić information content (AvgIpc) is 3.06. The number of amides is 1. The summed E-state index contributed by atoms with van der Waals surface area (Å²) in [6.45, 7) is 2.11. The number of carbonyl (C=O) groups excluding carboxylic acids is 1. The van der Waals surface area contributed by atoms with E-state index in [2.05, 4.69) is 4.98 Å². The van der Waals surface area contributed by atoms with Crippen molar-refractivity contribution >= 4 is 5.91 Å². The second-order valence-electron chi connectivity index (χ2n) is 6.17. The van der Waals surface area contributed by atoms with Crippen LogP contribution in [0.15, 0.2) is 36.8 Å². The highest BCUT2D eigenvalue weighted by Gasteiger charge is 2.26. The number of rotatable bonds is 5. The summed E-state index contributed by atoms with van der Waals surface area (Å²) in [6, 6.07) is 7.57. The van der Waals surface area contributed by atoms with E-state index < -0.39 is 0 Å². The molecule has 1 atom stereocenters. The molecule has 0 spiro atoms. The van der Waals surface area contributed by atoms with Crippen molar-refractivity contribution in [3.05, 3.63) is 42.5 Å². The van der Waals surface area contributed by atoms with E-state index in [9.17, 15) is 4.79 Å². The fourth-order valence-electron chi connectivity index (χ4n) is 2.96. The van der Waals surface area contributed by atoms with Gasteiger partial charge >= 0.3 is 0 Å². The maximum absolute atomic E-state index is 12.5. The Bertz CT molecular complexity index is 681. The van der Waals surface area contributed by atoms with E-state index in [1.165, 1.54) is 0 Å². The Hall–Kier alpha value is -2.50. The summed E-state index contributed by atoms with van der Waals surface area (Å²) in [6.07, 6.45) is 5.48. The lowest BCUT2D eigenvalue weighted by Crippen LogP contribution is -2.41. The zero-order valence-corrected chi connectivity index (χ0v) is 14.1. The lowest BCUT2D eigenvalue weighted by molar-refractivity contribution is 0.0628. The Kier molecular flexibility index (Phi) is 5.03. The van der Waals surface area contributed by atoms with Crippen molar-refractivity contribution in [1.29, 1.82) is 0 Å². The minimum Gasteiger partial charge on any atom is -0.497 e. The lowest BCUT2D eigenvalue weighted by atomic mass is 9.98. The van der Waals surface area contributed by atoms with Crippen molar-refractivity contribution in [3.63, 3.8) is 0 Å². The standard InChI is InChI=1S/C18H23N3O3/c1-20-11-17(19-13-20)18(22)21-9-3-4-14(10-21)12-24-16-7-5-15(23-2)6-8-16/h5-8,11,13-14H,3-4,9-10,12H2,1-2H3. The first-order valence-electron chi connectivity index (χ1n) is 8.20. The van der Waals surface area contributed by atoms with Gasteiger partial charge in [0, 0.05) is 32.3 Å². The van der Waals surface area contributed by atoms with Gasteiger partial charge in [-0.05, 0) is 37.1 Å². The smallest absolute Gasteiger partial charge is 0.274 e. The SMILES string of the molecule is COc1ccc(OCC2CCCN(C(=O)c3cn(C)cn3)C2)cc1. The molecule has 1 aliphatic rings. The zero-order valence-electron chi connectivity index (χ0n) is 14.1. The summed E-state index contributed by atoms with van der Waals surface area (Å²) in [5.41, 5.74) is 0.509. The molecule has 0 radical (unpaired) electrons. The Morgan fingerprint density at radius 1 is 1.29 bits per heavy atom. The number of methoxy groups -OCH3 is 1. The zero-order chi connectivity index (χ0) is 16.9. The van der Waals surface area contributed by atoms with E-state index in [-0.39, 0.29) is 5.91 Å². The van der Waals surface area contributed by atoms with Gasteiger partial charge in [0.05, 0.1) is 20.0 Å². The normalized spacial score (nSPS) is 17.6. The van der Waals surface area contributed by atoms with Crippen LogP contribution in [0.3, 0.4) is 0 Å². The molecule has 6 nitrogen and oxygen atoms in total. The number of ether oxygens (including phenoxy) is 2. The van der Waals surface area contributed by atoms with E-state index in [0.717, 1.165) is 30.9 Å². The molecule has 0 bridgehead atoms. The molecule has 2 aromatic rings. The van der Waals surface area contributed by atoms with Crippen molar-refractivity contribution < 1.29 is 14.3 Å². The van der Waals surface area contributed by atoms with Crippen LogP contribution in [-0.4, -0.2) is 47.2 Å². The van der Waals surface area contributed by atoms with Crippen LogP contribution in [-0.2, 0) is 7.05 Å².